The summed E-state index contributed by atoms with van der Waals surface area (Å²) in [5.41, 5.74) is 7.89. The molecule has 2 heterocycles. The van der Waals surface area contributed by atoms with Gasteiger partial charge >= 0.3 is 0 Å². The molecule has 5 N–H and O–H groups in total. The highest BCUT2D eigenvalue weighted by Gasteiger charge is 2.21. The number of hydrogen-bond acceptors (Lipinski definition) is 9. The number of benzene rings is 3. The molecule has 0 bridgehead atoms. The van der Waals surface area contributed by atoms with Crippen molar-refractivity contribution in [3.63, 3.8) is 0 Å². The van der Waals surface area contributed by atoms with Gasteiger partial charge in [0, 0.05) is 37.3 Å². The highest BCUT2D eigenvalue weighted by atomic mass is 32.1. The second-order valence-corrected chi connectivity index (χ2v) is 10.7. The predicted molar refractivity (Wildman–Crippen MR) is 179 cm³/mol. The van der Waals surface area contributed by atoms with E-state index in [2.05, 4.69) is 31.1 Å². The molecule has 242 valence electrons. The summed E-state index contributed by atoms with van der Waals surface area (Å²) < 4.78 is 34.0. The van der Waals surface area contributed by atoms with E-state index in [-0.39, 0.29) is 34.7 Å². The number of nitrogen functional groups attached to an aromatic ring is 1. The molecule has 0 saturated heterocycles. The monoisotopic (exact) mass is 649 g/mol. The molecule has 5 rings (SSSR count). The van der Waals surface area contributed by atoms with Crippen molar-refractivity contribution in [2.45, 2.75) is 41.0 Å². The molecule has 2 amide bonds. The van der Waals surface area contributed by atoms with Gasteiger partial charge in [0.1, 0.15) is 22.3 Å². The zero-order valence-corrected chi connectivity index (χ0v) is 27.1. The van der Waals surface area contributed by atoms with Gasteiger partial charge in [-0.25, -0.2) is 13.8 Å². The van der Waals surface area contributed by atoms with Crippen molar-refractivity contribution >= 4 is 40.3 Å². The second-order valence-electron chi connectivity index (χ2n) is 9.47. The zero-order chi connectivity index (χ0) is 33.6. The van der Waals surface area contributed by atoms with Crippen LogP contribution in [0.1, 0.15) is 48.6 Å². The fraction of sp³-hybridized carbons (Fsp3) is 0.242. The normalized spacial score (nSPS) is 10.2. The zero-order valence-electron chi connectivity index (χ0n) is 26.3. The molecule has 0 aliphatic carbocycles. The summed E-state index contributed by atoms with van der Waals surface area (Å²) in [5, 5.41) is 12.8. The highest BCUT2D eigenvalue weighted by Crippen LogP contribution is 2.33. The van der Waals surface area contributed by atoms with Crippen LogP contribution in [-0.4, -0.2) is 40.0 Å². The number of halogens is 2. The summed E-state index contributed by atoms with van der Waals surface area (Å²) in [5.74, 6) is -2.15. The lowest BCUT2D eigenvalue weighted by molar-refractivity contribution is -0.118. The van der Waals surface area contributed by atoms with E-state index < -0.39 is 17.5 Å². The predicted octanol–water partition coefficient (Wildman–Crippen LogP) is 7.10. The van der Waals surface area contributed by atoms with Crippen molar-refractivity contribution in [2.24, 2.45) is 0 Å². The summed E-state index contributed by atoms with van der Waals surface area (Å²) in [7, 11) is 0. The van der Waals surface area contributed by atoms with Crippen molar-refractivity contribution in [1.82, 2.24) is 20.4 Å². The SMILES string of the molecule is CC.CC(=O)NCCNc1ccccc1.CCc1cccc(C(=O)Nc2cc(-c3noc(-c4sc(C)nc4N)n3)c(F)cc2F)c1. The highest BCUT2D eigenvalue weighted by molar-refractivity contribution is 7.15. The minimum Gasteiger partial charge on any atom is -0.383 e. The maximum Gasteiger partial charge on any atom is 0.272 e. The van der Waals surface area contributed by atoms with Gasteiger partial charge in [-0.05, 0) is 49.2 Å². The Morgan fingerprint density at radius 3 is 2.35 bits per heavy atom. The second kappa shape index (κ2) is 17.4. The summed E-state index contributed by atoms with van der Waals surface area (Å²) in [6.45, 7) is 10.7. The molecule has 0 atom stereocenters. The molecule has 13 heteroatoms. The number of rotatable bonds is 9. The lowest BCUT2D eigenvalue weighted by atomic mass is 10.1. The molecule has 5 aromatic rings. The van der Waals surface area contributed by atoms with Crippen LogP contribution in [0.5, 0.6) is 0 Å². The number of aromatic nitrogens is 3. The van der Waals surface area contributed by atoms with Gasteiger partial charge in [-0.15, -0.1) is 11.3 Å². The maximum atomic E-state index is 14.5. The minimum atomic E-state index is -0.924. The number of nitrogens with two attached hydrogens (primary N) is 1. The molecule has 2 aromatic heterocycles. The number of anilines is 3. The van der Waals surface area contributed by atoms with Crippen LogP contribution >= 0.6 is 11.3 Å². The van der Waals surface area contributed by atoms with Crippen LogP contribution in [-0.2, 0) is 11.2 Å². The molecule has 0 fully saturated rings. The van der Waals surface area contributed by atoms with E-state index in [0.29, 0.717) is 28.1 Å². The van der Waals surface area contributed by atoms with Crippen molar-refractivity contribution in [3.05, 3.63) is 94.5 Å². The molecule has 0 aliphatic rings. The Bertz CT molecular complexity index is 1740. The third kappa shape index (κ3) is 9.92. The molecular formula is C33H37F2N7O3S. The van der Waals surface area contributed by atoms with Gasteiger partial charge in [0.05, 0.1) is 16.3 Å². The lowest BCUT2D eigenvalue weighted by Crippen LogP contribution is -2.26. The number of hydrogen-bond donors (Lipinski definition) is 4. The van der Waals surface area contributed by atoms with E-state index in [9.17, 15) is 18.4 Å². The molecule has 0 radical (unpaired) electrons. The van der Waals surface area contributed by atoms with Crippen LogP contribution in [0, 0.1) is 18.6 Å². The average molecular weight is 650 g/mol. The smallest absolute Gasteiger partial charge is 0.272 e. The first-order valence-corrected chi connectivity index (χ1v) is 15.5. The van der Waals surface area contributed by atoms with Crippen molar-refractivity contribution in [2.75, 3.05) is 29.5 Å². The number of para-hydroxylation sites is 1. The van der Waals surface area contributed by atoms with Gasteiger partial charge in [-0.1, -0.05) is 56.3 Å². The van der Waals surface area contributed by atoms with Crippen LogP contribution in [0.3, 0.4) is 0 Å². The van der Waals surface area contributed by atoms with Gasteiger partial charge in [-0.2, -0.15) is 4.98 Å². The topological polar surface area (TPSA) is 148 Å². The van der Waals surface area contributed by atoms with E-state index in [0.717, 1.165) is 30.3 Å². The van der Waals surface area contributed by atoms with Gasteiger partial charge in [0.2, 0.25) is 11.7 Å². The van der Waals surface area contributed by atoms with Crippen molar-refractivity contribution < 1.29 is 22.9 Å². The molecule has 46 heavy (non-hydrogen) atoms. The van der Waals surface area contributed by atoms with E-state index in [1.165, 1.54) is 18.3 Å². The van der Waals surface area contributed by atoms with Crippen LogP contribution < -0.4 is 21.7 Å². The van der Waals surface area contributed by atoms with Gasteiger partial charge in [-0.3, -0.25) is 9.59 Å². The lowest BCUT2D eigenvalue weighted by Gasteiger charge is -2.09. The van der Waals surface area contributed by atoms with Crippen LogP contribution in [0.15, 0.2) is 71.3 Å². The Kier molecular flexibility index (Phi) is 13.3. The Balaban J connectivity index is 0.000000322. The van der Waals surface area contributed by atoms with E-state index in [4.69, 9.17) is 10.3 Å². The molecule has 3 aromatic carbocycles. The fourth-order valence-corrected chi connectivity index (χ4v) is 4.73. The quantitative estimate of drug-likeness (QED) is 0.124. The first-order valence-electron chi connectivity index (χ1n) is 14.6. The Morgan fingerprint density at radius 1 is 0.957 bits per heavy atom. The molecule has 0 unspecified atom stereocenters. The summed E-state index contributed by atoms with van der Waals surface area (Å²) in [4.78, 5) is 31.8. The number of thiazole rings is 1. The van der Waals surface area contributed by atoms with Crippen LogP contribution in [0.2, 0.25) is 0 Å². The first-order chi connectivity index (χ1) is 22.1. The van der Waals surface area contributed by atoms with E-state index >= 15 is 0 Å². The van der Waals surface area contributed by atoms with Gasteiger partial charge < -0.3 is 26.2 Å². The van der Waals surface area contributed by atoms with Crippen LogP contribution in [0.4, 0.5) is 26.0 Å². The molecule has 0 spiro atoms. The van der Waals surface area contributed by atoms with Gasteiger partial charge in [0.25, 0.3) is 11.8 Å². The Hall–Kier alpha value is -5.17. The number of carbonyl (C=O) groups excluding carboxylic acids is 2. The summed E-state index contributed by atoms with van der Waals surface area (Å²) in [6.07, 6.45) is 0.750. The number of nitrogens with one attached hydrogen (secondary N) is 3. The summed E-state index contributed by atoms with van der Waals surface area (Å²) >= 11 is 1.25. The molecule has 0 saturated carbocycles. The molecule has 0 aliphatic heterocycles. The Labute approximate surface area is 270 Å². The minimum absolute atomic E-state index is 0.00913. The van der Waals surface area contributed by atoms with Crippen molar-refractivity contribution in [3.8, 4) is 22.2 Å². The third-order valence-electron chi connectivity index (χ3n) is 6.13. The number of carbonyl (C=O) groups is 2. The number of aryl methyl sites for hydroxylation is 2. The number of nitrogens with zero attached hydrogens (tertiary/aromatic N) is 3. The summed E-state index contributed by atoms with van der Waals surface area (Å²) in [6, 6.07) is 18.7. The Morgan fingerprint density at radius 2 is 1.70 bits per heavy atom. The number of amides is 2. The van der Waals surface area contributed by atoms with E-state index in [1.807, 2.05) is 57.2 Å². The molecular weight excluding hydrogens is 612 g/mol. The first kappa shape index (κ1) is 35.3. The van der Waals surface area contributed by atoms with E-state index in [1.54, 1.807) is 25.1 Å². The third-order valence-corrected chi connectivity index (χ3v) is 7.10. The maximum absolute atomic E-state index is 14.5. The standard InChI is InChI=1S/C21H17F2N5O2S.C10H14N2O.C2H6/c1-3-11-5-4-6-12(7-11)20(29)26-16-8-13(14(22)9-15(16)23)19-27-21(30-28-19)17-18(24)25-10(2)31-17;1-9(13)11-7-8-12-10-5-3-2-4-6-10;1-2/h4-9H,3,24H2,1-2H3,(H,26,29);2-6,12H,7-8H2,1H3,(H,11,13);1-2H3. The largest absolute Gasteiger partial charge is 0.383 e. The van der Waals surface area contributed by atoms with Crippen molar-refractivity contribution in [1.29, 1.82) is 0 Å². The fourth-order valence-electron chi connectivity index (χ4n) is 3.97. The van der Waals surface area contributed by atoms with Gasteiger partial charge in [0.15, 0.2) is 0 Å². The van der Waals surface area contributed by atoms with Crippen LogP contribution in [0.25, 0.3) is 22.2 Å². The average Bonchev–Trinajstić information content (AvgIpc) is 3.67. The molecule has 10 nitrogen and oxygen atoms in total.